The lowest BCUT2D eigenvalue weighted by Gasteiger charge is -2.52. The normalized spacial score (nSPS) is 24.4. The predicted molar refractivity (Wildman–Crippen MR) is 171 cm³/mol. The fourth-order valence-corrected chi connectivity index (χ4v) is 8.94. The van der Waals surface area contributed by atoms with Gasteiger partial charge in [-0.1, -0.05) is 24.3 Å². The molecule has 8 nitrogen and oxygen atoms in total. The third-order valence-electron chi connectivity index (χ3n) is 11.6. The van der Waals surface area contributed by atoms with Gasteiger partial charge < -0.3 is 19.5 Å². The molecule has 2 amide bonds. The smallest absolute Gasteiger partial charge is 0.255 e. The van der Waals surface area contributed by atoms with Crippen molar-refractivity contribution in [1.82, 2.24) is 24.4 Å². The van der Waals surface area contributed by atoms with Crippen molar-refractivity contribution >= 4 is 28.2 Å². The summed E-state index contributed by atoms with van der Waals surface area (Å²) < 4.78 is 10.2. The number of carbonyl (C=O) groups excluding carboxylic acids is 2. The number of rotatable bonds is 6. The predicted octanol–water partition coefficient (Wildman–Crippen LogP) is 6.07. The van der Waals surface area contributed by atoms with Crippen LogP contribution in [0, 0.1) is 30.6 Å². The molecular weight excluding hydrogens is 562 g/mol. The first-order chi connectivity index (χ1) is 21.9. The maximum Gasteiger partial charge on any atom is 0.255 e. The molecule has 5 aliphatic rings. The van der Waals surface area contributed by atoms with Gasteiger partial charge in [0.2, 0.25) is 0 Å². The fourth-order valence-electron chi connectivity index (χ4n) is 8.94. The van der Waals surface area contributed by atoms with Crippen LogP contribution in [0.4, 0.5) is 0 Å². The summed E-state index contributed by atoms with van der Waals surface area (Å²) in [5.41, 5.74) is 9.69. The van der Waals surface area contributed by atoms with Crippen LogP contribution in [0.25, 0.3) is 38.9 Å². The molecule has 3 aliphatic carbocycles. The van der Waals surface area contributed by atoms with Gasteiger partial charge in [0.1, 0.15) is 17.0 Å². The Hall–Kier alpha value is -4.59. The van der Waals surface area contributed by atoms with E-state index in [4.69, 9.17) is 9.84 Å². The minimum absolute atomic E-state index is 0.000790. The molecule has 1 saturated heterocycles. The van der Waals surface area contributed by atoms with Gasteiger partial charge in [0, 0.05) is 53.9 Å². The summed E-state index contributed by atoms with van der Waals surface area (Å²) in [4.78, 5) is 28.3. The van der Waals surface area contributed by atoms with Gasteiger partial charge in [-0.15, -0.1) is 0 Å². The van der Waals surface area contributed by atoms with E-state index in [1.165, 1.54) is 24.8 Å². The molecule has 8 heteroatoms. The number of aryl methyl sites for hydroxylation is 1. The van der Waals surface area contributed by atoms with E-state index in [9.17, 15) is 9.59 Å². The first kappa shape index (κ1) is 25.7. The van der Waals surface area contributed by atoms with Gasteiger partial charge in [0.05, 0.1) is 18.4 Å². The molecule has 2 aromatic carbocycles. The number of fused-ring (bicyclic) bond motifs is 3. The Kier molecular flexibility index (Phi) is 5.14. The van der Waals surface area contributed by atoms with Crippen LogP contribution < -0.4 is 10.1 Å². The quantitative estimate of drug-likeness (QED) is 0.258. The van der Waals surface area contributed by atoms with Crippen LogP contribution in [-0.2, 0) is 13.1 Å². The van der Waals surface area contributed by atoms with Crippen LogP contribution in [0.1, 0.15) is 57.5 Å². The van der Waals surface area contributed by atoms with E-state index in [1.807, 2.05) is 22.8 Å². The van der Waals surface area contributed by atoms with Gasteiger partial charge in [0.15, 0.2) is 0 Å². The van der Waals surface area contributed by atoms with E-state index in [2.05, 4.69) is 58.1 Å². The Bertz CT molecular complexity index is 2120. The molecule has 0 bridgehead atoms. The van der Waals surface area contributed by atoms with E-state index in [-0.39, 0.29) is 11.8 Å². The van der Waals surface area contributed by atoms with Crippen molar-refractivity contribution in [3.63, 3.8) is 0 Å². The number of ether oxygens (including phenoxy) is 1. The number of methoxy groups -OCH3 is 1. The van der Waals surface area contributed by atoms with Gasteiger partial charge in [-0.25, -0.2) is 4.52 Å². The van der Waals surface area contributed by atoms with Crippen molar-refractivity contribution in [1.29, 1.82) is 0 Å². The second kappa shape index (κ2) is 8.99. The van der Waals surface area contributed by atoms with E-state index in [0.29, 0.717) is 35.7 Å². The molecule has 5 aromatic rings. The lowest BCUT2D eigenvalue weighted by molar-refractivity contribution is -0.0204. The van der Waals surface area contributed by atoms with Crippen molar-refractivity contribution in [3.05, 3.63) is 77.0 Å². The Balaban J connectivity index is 1.08. The van der Waals surface area contributed by atoms with E-state index < -0.39 is 0 Å². The molecule has 4 atom stereocenters. The Morgan fingerprint density at radius 2 is 1.89 bits per heavy atom. The standard InChI is InChI=1S/C37H35N5O3/c1-19-34(39-42-18-27(14-32(45-2)35(19)42)37(44)41-17-26-9-25-13-30(41)33(25)26)31-12-23-7-5-22(11-29(23)40(31)16-20-3-4-20)21-6-8-24-15-38-36(43)28(24)10-21/h5-8,10-12,14,18,20,25-26,30,33H,3-4,9,13,15-17H2,1-2H3,(H,38,43)/t25?,26?,30?,33-/m1/s1. The number of aromatic nitrogens is 3. The van der Waals surface area contributed by atoms with Crippen molar-refractivity contribution < 1.29 is 14.3 Å². The SMILES string of the molecule is COc1cc(C(=O)N2CC3CC4CC2[C@H]43)cn2nc(-c3cc4ccc(-c5ccc6c(c5)C(=O)NC6)cc4n3CC3CC3)c(C)c12. The highest BCUT2D eigenvalue weighted by Gasteiger charge is 2.61. The summed E-state index contributed by atoms with van der Waals surface area (Å²) in [6, 6.07) is 17.3. The largest absolute Gasteiger partial charge is 0.494 e. The molecule has 4 fully saturated rings. The molecule has 2 aliphatic heterocycles. The van der Waals surface area contributed by atoms with E-state index >= 15 is 0 Å². The molecule has 45 heavy (non-hydrogen) atoms. The number of carbonyl (C=O) groups is 2. The second-order valence-electron chi connectivity index (χ2n) is 14.1. The zero-order valence-corrected chi connectivity index (χ0v) is 25.5. The number of benzene rings is 2. The number of amides is 2. The highest BCUT2D eigenvalue weighted by Crippen LogP contribution is 2.60. The van der Waals surface area contributed by atoms with Crippen LogP contribution in [-0.4, -0.2) is 50.6 Å². The van der Waals surface area contributed by atoms with Crippen LogP contribution in [0.2, 0.25) is 0 Å². The molecule has 3 unspecified atom stereocenters. The summed E-state index contributed by atoms with van der Waals surface area (Å²) >= 11 is 0. The molecule has 226 valence electrons. The summed E-state index contributed by atoms with van der Waals surface area (Å²) in [6.07, 6.45) is 6.83. The van der Waals surface area contributed by atoms with Crippen molar-refractivity contribution in [3.8, 4) is 28.3 Å². The topological polar surface area (TPSA) is 80.9 Å². The number of hydrogen-bond acceptors (Lipinski definition) is 4. The number of nitrogens with one attached hydrogen (secondary N) is 1. The summed E-state index contributed by atoms with van der Waals surface area (Å²) in [5, 5.41) is 9.23. The van der Waals surface area contributed by atoms with E-state index in [1.54, 1.807) is 7.11 Å². The first-order valence-electron chi connectivity index (χ1n) is 16.4. The Labute approximate surface area is 261 Å². The molecule has 10 rings (SSSR count). The zero-order valence-electron chi connectivity index (χ0n) is 25.5. The maximum absolute atomic E-state index is 13.8. The lowest BCUT2D eigenvalue weighted by atomic mass is 9.53. The molecule has 3 saturated carbocycles. The molecule has 5 heterocycles. The first-order valence-corrected chi connectivity index (χ1v) is 16.4. The fraction of sp³-hybridized carbons (Fsp3) is 0.378. The molecule has 3 aromatic heterocycles. The Morgan fingerprint density at radius 1 is 1.04 bits per heavy atom. The maximum atomic E-state index is 13.8. The van der Waals surface area contributed by atoms with Crippen molar-refractivity contribution in [2.24, 2.45) is 23.7 Å². The van der Waals surface area contributed by atoms with Crippen molar-refractivity contribution in [2.45, 2.75) is 51.7 Å². The highest BCUT2D eigenvalue weighted by molar-refractivity contribution is 6.00. The summed E-state index contributed by atoms with van der Waals surface area (Å²) in [6.45, 7) is 4.52. The number of likely N-dealkylation sites (tertiary alicyclic amines) is 1. The monoisotopic (exact) mass is 597 g/mol. The average molecular weight is 598 g/mol. The zero-order chi connectivity index (χ0) is 30.1. The number of nitrogens with zero attached hydrogens (tertiary/aromatic N) is 4. The van der Waals surface area contributed by atoms with Gasteiger partial charge in [-0.05, 0) is 97.2 Å². The molecule has 1 N–H and O–H groups in total. The summed E-state index contributed by atoms with van der Waals surface area (Å²) in [5.74, 6) is 3.70. The van der Waals surface area contributed by atoms with E-state index in [0.717, 1.165) is 81.5 Å². The summed E-state index contributed by atoms with van der Waals surface area (Å²) in [7, 11) is 1.68. The van der Waals surface area contributed by atoms with Crippen molar-refractivity contribution in [2.75, 3.05) is 13.7 Å². The molecule has 0 spiro atoms. The number of pyridine rings is 1. The average Bonchev–Trinajstić information content (AvgIpc) is 3.57. The molecule has 0 radical (unpaired) electrons. The van der Waals surface area contributed by atoms with Crippen LogP contribution in [0.5, 0.6) is 5.75 Å². The Morgan fingerprint density at radius 3 is 2.69 bits per heavy atom. The third kappa shape index (κ3) is 3.62. The van der Waals surface area contributed by atoms with Gasteiger partial charge >= 0.3 is 0 Å². The van der Waals surface area contributed by atoms with Crippen LogP contribution >= 0.6 is 0 Å². The van der Waals surface area contributed by atoms with Gasteiger partial charge in [0.25, 0.3) is 11.8 Å². The second-order valence-corrected chi connectivity index (χ2v) is 14.1. The molecular formula is C37H35N5O3. The van der Waals surface area contributed by atoms with Crippen LogP contribution in [0.3, 0.4) is 0 Å². The minimum atomic E-state index is -0.000790. The minimum Gasteiger partial charge on any atom is -0.494 e. The third-order valence-corrected chi connectivity index (χ3v) is 11.6. The highest BCUT2D eigenvalue weighted by atomic mass is 16.5. The van der Waals surface area contributed by atoms with Gasteiger partial charge in [-0.3, -0.25) is 9.59 Å². The lowest BCUT2D eigenvalue weighted by Crippen LogP contribution is -2.53. The number of hydrogen-bond donors (Lipinski definition) is 1. The van der Waals surface area contributed by atoms with Crippen LogP contribution in [0.15, 0.2) is 54.7 Å². The van der Waals surface area contributed by atoms with Gasteiger partial charge in [-0.2, -0.15) is 5.10 Å².